The van der Waals surface area contributed by atoms with E-state index in [0.29, 0.717) is 11.5 Å². The van der Waals surface area contributed by atoms with Gasteiger partial charge in [0.15, 0.2) is 0 Å². The largest absolute Gasteiger partial charge is 0.384 e. The Morgan fingerprint density at radius 1 is 1.40 bits per heavy atom. The lowest BCUT2D eigenvalue weighted by atomic mass is 9.95. The first-order valence-electron chi connectivity index (χ1n) is 4.85. The first-order valence-corrected chi connectivity index (χ1v) is 4.85. The number of rotatable bonds is 1. The molecule has 0 fully saturated rings. The van der Waals surface area contributed by atoms with Gasteiger partial charge in [-0.25, -0.2) is 4.98 Å². The Morgan fingerprint density at radius 3 is 2.47 bits per heavy atom. The molecule has 0 radical (unpaired) electrons. The zero-order chi connectivity index (χ0) is 11.6. The Bertz CT molecular complexity index is 380. The van der Waals surface area contributed by atoms with E-state index in [1.807, 2.05) is 27.7 Å². The van der Waals surface area contributed by atoms with Crippen LogP contribution in [0.15, 0.2) is 12.1 Å². The molecule has 82 valence electrons. The summed E-state index contributed by atoms with van der Waals surface area (Å²) in [6.45, 7) is 7.40. The van der Waals surface area contributed by atoms with Crippen molar-refractivity contribution in [1.29, 1.82) is 0 Å². The van der Waals surface area contributed by atoms with Crippen molar-refractivity contribution in [2.24, 2.45) is 5.41 Å². The highest BCUT2D eigenvalue weighted by Crippen LogP contribution is 2.19. The number of carbonyl (C=O) groups is 1. The van der Waals surface area contributed by atoms with Gasteiger partial charge in [0.1, 0.15) is 5.82 Å². The zero-order valence-corrected chi connectivity index (χ0v) is 9.59. The van der Waals surface area contributed by atoms with Gasteiger partial charge < -0.3 is 11.1 Å². The quantitative estimate of drug-likeness (QED) is 0.739. The summed E-state index contributed by atoms with van der Waals surface area (Å²) in [4.78, 5) is 15.8. The molecule has 1 heterocycles. The predicted molar refractivity (Wildman–Crippen MR) is 61.5 cm³/mol. The van der Waals surface area contributed by atoms with Crippen molar-refractivity contribution >= 4 is 17.4 Å². The van der Waals surface area contributed by atoms with Gasteiger partial charge in [-0.1, -0.05) is 20.8 Å². The van der Waals surface area contributed by atoms with Crippen molar-refractivity contribution in [2.75, 3.05) is 11.1 Å². The van der Waals surface area contributed by atoms with Crippen LogP contribution in [0, 0.1) is 12.3 Å². The third-order valence-corrected chi connectivity index (χ3v) is 2.04. The Labute approximate surface area is 89.9 Å². The van der Waals surface area contributed by atoms with E-state index in [1.54, 1.807) is 12.1 Å². The minimum atomic E-state index is -0.409. The first-order chi connectivity index (χ1) is 6.80. The molecule has 3 N–H and O–H groups in total. The van der Waals surface area contributed by atoms with Crippen LogP contribution in [0.5, 0.6) is 0 Å². The molecule has 1 aromatic rings. The van der Waals surface area contributed by atoms with Crippen molar-refractivity contribution < 1.29 is 4.79 Å². The van der Waals surface area contributed by atoms with Crippen LogP contribution in [-0.4, -0.2) is 10.9 Å². The number of hydrogen-bond donors (Lipinski definition) is 2. The summed E-state index contributed by atoms with van der Waals surface area (Å²) < 4.78 is 0. The number of carbonyl (C=O) groups excluding carboxylic acids is 1. The number of anilines is 2. The van der Waals surface area contributed by atoms with E-state index in [2.05, 4.69) is 10.3 Å². The Morgan fingerprint density at radius 2 is 2.00 bits per heavy atom. The molecule has 0 aliphatic heterocycles. The van der Waals surface area contributed by atoms with Gasteiger partial charge in [-0.3, -0.25) is 4.79 Å². The van der Waals surface area contributed by atoms with E-state index in [9.17, 15) is 4.79 Å². The number of amides is 1. The lowest BCUT2D eigenvalue weighted by Gasteiger charge is -2.18. The third-order valence-electron chi connectivity index (χ3n) is 2.04. The SMILES string of the molecule is Cc1nc(N)ccc1NC(=O)C(C)(C)C. The molecule has 15 heavy (non-hydrogen) atoms. The summed E-state index contributed by atoms with van der Waals surface area (Å²) in [7, 11) is 0. The fourth-order valence-electron chi connectivity index (χ4n) is 1.02. The molecule has 0 unspecified atom stereocenters. The van der Waals surface area contributed by atoms with E-state index < -0.39 is 5.41 Å². The summed E-state index contributed by atoms with van der Waals surface area (Å²) in [5, 5.41) is 2.82. The molecule has 4 nitrogen and oxygen atoms in total. The molecule has 0 bridgehead atoms. The van der Waals surface area contributed by atoms with E-state index >= 15 is 0 Å². The topological polar surface area (TPSA) is 68.0 Å². The lowest BCUT2D eigenvalue weighted by Crippen LogP contribution is -2.28. The number of hydrogen-bond acceptors (Lipinski definition) is 3. The molecule has 1 rings (SSSR count). The van der Waals surface area contributed by atoms with Crippen LogP contribution in [0.2, 0.25) is 0 Å². The fourth-order valence-corrected chi connectivity index (χ4v) is 1.02. The van der Waals surface area contributed by atoms with Crippen LogP contribution >= 0.6 is 0 Å². The molecule has 1 aromatic heterocycles. The molecule has 1 amide bonds. The zero-order valence-electron chi connectivity index (χ0n) is 9.59. The first kappa shape index (κ1) is 11.5. The standard InChI is InChI=1S/C11H17N3O/c1-7-8(5-6-9(12)13-7)14-10(15)11(2,3)4/h5-6H,1-4H3,(H2,12,13)(H,14,15). The number of aromatic nitrogens is 1. The summed E-state index contributed by atoms with van der Waals surface area (Å²) in [6.07, 6.45) is 0. The van der Waals surface area contributed by atoms with Gasteiger partial charge in [0.05, 0.1) is 11.4 Å². The summed E-state index contributed by atoms with van der Waals surface area (Å²) in [6, 6.07) is 3.44. The van der Waals surface area contributed by atoms with Crippen molar-refractivity contribution in [1.82, 2.24) is 4.98 Å². The molecule has 4 heteroatoms. The number of nitrogen functional groups attached to an aromatic ring is 1. The van der Waals surface area contributed by atoms with Crippen LogP contribution in [0.25, 0.3) is 0 Å². The van der Waals surface area contributed by atoms with Gasteiger partial charge in [-0.05, 0) is 19.1 Å². The minimum Gasteiger partial charge on any atom is -0.384 e. The van der Waals surface area contributed by atoms with Gasteiger partial charge in [-0.15, -0.1) is 0 Å². The highest BCUT2D eigenvalue weighted by Gasteiger charge is 2.21. The minimum absolute atomic E-state index is 0.0304. The molecular formula is C11H17N3O. The van der Waals surface area contributed by atoms with Crippen molar-refractivity contribution in [2.45, 2.75) is 27.7 Å². The second-order valence-corrected chi connectivity index (χ2v) is 4.57. The molecule has 0 atom stereocenters. The van der Waals surface area contributed by atoms with E-state index in [1.165, 1.54) is 0 Å². The van der Waals surface area contributed by atoms with Gasteiger partial charge in [0.25, 0.3) is 0 Å². The van der Waals surface area contributed by atoms with E-state index in [4.69, 9.17) is 5.73 Å². The summed E-state index contributed by atoms with van der Waals surface area (Å²) in [5.41, 5.74) is 6.55. The molecule has 0 saturated carbocycles. The normalized spacial score (nSPS) is 11.2. The molecule has 0 spiro atoms. The average molecular weight is 207 g/mol. The van der Waals surface area contributed by atoms with Crippen LogP contribution < -0.4 is 11.1 Å². The second kappa shape index (κ2) is 3.88. The lowest BCUT2D eigenvalue weighted by molar-refractivity contribution is -0.123. The number of nitrogens with two attached hydrogens (primary N) is 1. The van der Waals surface area contributed by atoms with Gasteiger partial charge in [-0.2, -0.15) is 0 Å². The number of nitrogens with zero attached hydrogens (tertiary/aromatic N) is 1. The molecule has 0 saturated heterocycles. The second-order valence-electron chi connectivity index (χ2n) is 4.57. The van der Waals surface area contributed by atoms with E-state index in [0.717, 1.165) is 5.69 Å². The van der Waals surface area contributed by atoms with Crippen LogP contribution in [0.4, 0.5) is 11.5 Å². The van der Waals surface area contributed by atoms with Crippen LogP contribution in [0.1, 0.15) is 26.5 Å². The maximum Gasteiger partial charge on any atom is 0.229 e. The third kappa shape index (κ3) is 2.94. The maximum absolute atomic E-state index is 11.7. The predicted octanol–water partition coefficient (Wildman–Crippen LogP) is 1.96. The molecule has 0 aromatic carbocycles. The van der Waals surface area contributed by atoms with Crippen LogP contribution in [0.3, 0.4) is 0 Å². The van der Waals surface area contributed by atoms with Crippen molar-refractivity contribution in [3.8, 4) is 0 Å². The van der Waals surface area contributed by atoms with Gasteiger partial charge in [0, 0.05) is 5.41 Å². The summed E-state index contributed by atoms with van der Waals surface area (Å²) in [5.74, 6) is 0.429. The molecule has 0 aliphatic carbocycles. The highest BCUT2D eigenvalue weighted by molar-refractivity contribution is 5.94. The fraction of sp³-hybridized carbons (Fsp3) is 0.455. The van der Waals surface area contributed by atoms with Gasteiger partial charge in [0.2, 0.25) is 5.91 Å². The number of aryl methyl sites for hydroxylation is 1. The maximum atomic E-state index is 11.7. The van der Waals surface area contributed by atoms with Gasteiger partial charge >= 0.3 is 0 Å². The van der Waals surface area contributed by atoms with E-state index in [-0.39, 0.29) is 5.91 Å². The Hall–Kier alpha value is -1.58. The Kier molecular flexibility index (Phi) is 2.98. The molecular weight excluding hydrogens is 190 g/mol. The number of nitrogens with one attached hydrogen (secondary N) is 1. The van der Waals surface area contributed by atoms with Crippen molar-refractivity contribution in [3.63, 3.8) is 0 Å². The highest BCUT2D eigenvalue weighted by atomic mass is 16.2. The number of pyridine rings is 1. The van der Waals surface area contributed by atoms with Crippen LogP contribution in [-0.2, 0) is 4.79 Å². The smallest absolute Gasteiger partial charge is 0.229 e. The monoisotopic (exact) mass is 207 g/mol. The summed E-state index contributed by atoms with van der Waals surface area (Å²) >= 11 is 0. The average Bonchev–Trinajstić information content (AvgIpc) is 2.08. The van der Waals surface area contributed by atoms with Crippen molar-refractivity contribution in [3.05, 3.63) is 17.8 Å². The molecule has 0 aliphatic rings. The Balaban J connectivity index is 2.87.